The van der Waals surface area contributed by atoms with Gasteiger partial charge < -0.3 is 20.9 Å². The number of hydrogen-bond acceptors (Lipinski definition) is 4. The van der Waals surface area contributed by atoms with Crippen molar-refractivity contribution >= 4 is 17.5 Å². The predicted molar refractivity (Wildman–Crippen MR) is 62.2 cm³/mol. The SMILES string of the molecule is Cc1nc(N(C)CC(=O)NC2CC2)c(N)[nH]1. The summed E-state index contributed by atoms with van der Waals surface area (Å²) in [5, 5.41) is 2.92. The van der Waals surface area contributed by atoms with E-state index in [1.165, 1.54) is 0 Å². The number of likely N-dealkylation sites (N-methyl/N-ethyl adjacent to an activating group) is 1. The van der Waals surface area contributed by atoms with Crippen molar-refractivity contribution in [1.82, 2.24) is 15.3 Å². The molecule has 16 heavy (non-hydrogen) atoms. The van der Waals surface area contributed by atoms with E-state index in [1.54, 1.807) is 11.9 Å². The molecule has 0 aliphatic heterocycles. The Bertz CT molecular complexity index is 396. The average Bonchev–Trinajstić information content (AvgIpc) is 2.90. The smallest absolute Gasteiger partial charge is 0.239 e. The highest BCUT2D eigenvalue weighted by Gasteiger charge is 2.24. The standard InChI is InChI=1S/C10H17N5O/c1-6-12-9(11)10(13-6)15(2)5-8(16)14-7-3-4-7/h7H,3-5,11H2,1-2H3,(H,12,13)(H,14,16). The number of aromatic amines is 1. The molecule has 1 heterocycles. The molecular weight excluding hydrogens is 206 g/mol. The van der Waals surface area contributed by atoms with Crippen LogP contribution in [0.4, 0.5) is 11.6 Å². The third-order valence-electron chi connectivity index (χ3n) is 2.51. The van der Waals surface area contributed by atoms with Gasteiger partial charge in [-0.2, -0.15) is 0 Å². The van der Waals surface area contributed by atoms with Gasteiger partial charge in [0.05, 0.1) is 6.54 Å². The van der Waals surface area contributed by atoms with Crippen LogP contribution in [0.3, 0.4) is 0 Å². The molecule has 1 fully saturated rings. The molecule has 0 bridgehead atoms. The fourth-order valence-electron chi connectivity index (χ4n) is 1.58. The number of aryl methyl sites for hydroxylation is 1. The highest BCUT2D eigenvalue weighted by atomic mass is 16.2. The number of nitrogens with zero attached hydrogens (tertiary/aromatic N) is 2. The summed E-state index contributed by atoms with van der Waals surface area (Å²) in [6.07, 6.45) is 2.19. The van der Waals surface area contributed by atoms with Crippen LogP contribution in [0.5, 0.6) is 0 Å². The summed E-state index contributed by atoms with van der Waals surface area (Å²) in [4.78, 5) is 20.4. The van der Waals surface area contributed by atoms with Crippen molar-refractivity contribution in [3.63, 3.8) is 0 Å². The van der Waals surface area contributed by atoms with E-state index in [0.717, 1.165) is 18.7 Å². The van der Waals surface area contributed by atoms with Gasteiger partial charge >= 0.3 is 0 Å². The Kier molecular flexibility index (Phi) is 2.72. The quantitative estimate of drug-likeness (QED) is 0.671. The van der Waals surface area contributed by atoms with E-state index in [9.17, 15) is 4.79 Å². The Labute approximate surface area is 94.2 Å². The number of carbonyl (C=O) groups is 1. The van der Waals surface area contributed by atoms with E-state index >= 15 is 0 Å². The Morgan fingerprint density at radius 3 is 2.88 bits per heavy atom. The zero-order chi connectivity index (χ0) is 11.7. The summed E-state index contributed by atoms with van der Waals surface area (Å²) in [6, 6.07) is 0.388. The van der Waals surface area contributed by atoms with E-state index in [1.807, 2.05) is 6.92 Å². The van der Waals surface area contributed by atoms with Gasteiger partial charge in [0.1, 0.15) is 11.6 Å². The Hall–Kier alpha value is -1.72. The largest absolute Gasteiger partial charge is 0.382 e. The van der Waals surface area contributed by atoms with Crippen molar-refractivity contribution in [3.05, 3.63) is 5.82 Å². The highest BCUT2D eigenvalue weighted by molar-refractivity contribution is 5.82. The lowest BCUT2D eigenvalue weighted by Crippen LogP contribution is -2.36. The van der Waals surface area contributed by atoms with Crippen molar-refractivity contribution in [2.75, 3.05) is 24.2 Å². The maximum absolute atomic E-state index is 11.6. The van der Waals surface area contributed by atoms with Gasteiger partial charge in [-0.15, -0.1) is 0 Å². The molecule has 0 aromatic carbocycles. The van der Waals surface area contributed by atoms with Gasteiger partial charge in [0, 0.05) is 13.1 Å². The van der Waals surface area contributed by atoms with Crippen LogP contribution in [0.15, 0.2) is 0 Å². The second-order valence-electron chi connectivity index (χ2n) is 4.26. The zero-order valence-electron chi connectivity index (χ0n) is 9.58. The molecule has 1 aliphatic rings. The molecule has 0 atom stereocenters. The molecule has 1 aromatic heterocycles. The second kappa shape index (κ2) is 4.03. The van der Waals surface area contributed by atoms with Gasteiger partial charge in [-0.25, -0.2) is 4.98 Å². The maximum atomic E-state index is 11.6. The van der Waals surface area contributed by atoms with E-state index < -0.39 is 0 Å². The van der Waals surface area contributed by atoms with Crippen LogP contribution in [-0.2, 0) is 4.79 Å². The van der Waals surface area contributed by atoms with E-state index in [-0.39, 0.29) is 12.5 Å². The molecule has 4 N–H and O–H groups in total. The molecule has 88 valence electrons. The number of hydrogen-bond donors (Lipinski definition) is 3. The molecular formula is C10H17N5O. The average molecular weight is 223 g/mol. The van der Waals surface area contributed by atoms with Crippen LogP contribution >= 0.6 is 0 Å². The number of nitrogens with two attached hydrogens (primary N) is 1. The van der Waals surface area contributed by atoms with E-state index in [2.05, 4.69) is 15.3 Å². The molecule has 2 rings (SSSR count). The third kappa shape index (κ3) is 2.44. The van der Waals surface area contributed by atoms with Crippen LogP contribution in [0.2, 0.25) is 0 Å². The molecule has 0 saturated heterocycles. The van der Waals surface area contributed by atoms with Gasteiger partial charge in [0.2, 0.25) is 5.91 Å². The van der Waals surface area contributed by atoms with E-state index in [4.69, 9.17) is 5.73 Å². The molecule has 1 saturated carbocycles. The number of rotatable bonds is 4. The Morgan fingerprint density at radius 2 is 2.38 bits per heavy atom. The van der Waals surface area contributed by atoms with Crippen LogP contribution in [-0.4, -0.2) is 35.5 Å². The molecule has 1 amide bonds. The zero-order valence-corrected chi connectivity index (χ0v) is 9.58. The molecule has 6 heteroatoms. The van der Waals surface area contributed by atoms with Crippen molar-refractivity contribution in [2.24, 2.45) is 0 Å². The molecule has 6 nitrogen and oxygen atoms in total. The minimum Gasteiger partial charge on any atom is -0.382 e. The molecule has 0 unspecified atom stereocenters. The summed E-state index contributed by atoms with van der Waals surface area (Å²) in [6.45, 7) is 2.11. The van der Waals surface area contributed by atoms with Gasteiger partial charge in [-0.3, -0.25) is 4.79 Å². The maximum Gasteiger partial charge on any atom is 0.239 e. The number of H-pyrrole nitrogens is 1. The lowest BCUT2D eigenvalue weighted by Gasteiger charge is -2.16. The number of imidazole rings is 1. The molecule has 0 spiro atoms. The van der Waals surface area contributed by atoms with Crippen molar-refractivity contribution in [3.8, 4) is 0 Å². The highest BCUT2D eigenvalue weighted by Crippen LogP contribution is 2.20. The normalized spacial score (nSPS) is 14.9. The number of nitrogens with one attached hydrogen (secondary N) is 2. The van der Waals surface area contributed by atoms with Crippen LogP contribution in [0, 0.1) is 6.92 Å². The Morgan fingerprint density at radius 1 is 1.69 bits per heavy atom. The first-order valence-electron chi connectivity index (χ1n) is 5.39. The monoisotopic (exact) mass is 223 g/mol. The topological polar surface area (TPSA) is 87.0 Å². The van der Waals surface area contributed by atoms with E-state index in [0.29, 0.717) is 17.7 Å². The fourth-order valence-corrected chi connectivity index (χ4v) is 1.58. The van der Waals surface area contributed by atoms with Crippen LogP contribution in [0.1, 0.15) is 18.7 Å². The number of amides is 1. The van der Waals surface area contributed by atoms with Gasteiger partial charge in [-0.05, 0) is 19.8 Å². The molecule has 1 aliphatic carbocycles. The minimum atomic E-state index is 0.0186. The number of aromatic nitrogens is 2. The van der Waals surface area contributed by atoms with Gasteiger partial charge in [0.25, 0.3) is 0 Å². The van der Waals surface area contributed by atoms with Crippen molar-refractivity contribution in [2.45, 2.75) is 25.8 Å². The first kappa shape index (κ1) is 10.8. The predicted octanol–water partition coefficient (Wildman–Crippen LogP) is 0.0151. The summed E-state index contributed by atoms with van der Waals surface area (Å²) >= 11 is 0. The van der Waals surface area contributed by atoms with Gasteiger partial charge in [-0.1, -0.05) is 0 Å². The fraction of sp³-hybridized carbons (Fsp3) is 0.600. The first-order valence-corrected chi connectivity index (χ1v) is 5.39. The van der Waals surface area contributed by atoms with Gasteiger partial charge in [0.15, 0.2) is 5.82 Å². The van der Waals surface area contributed by atoms with Crippen LogP contribution < -0.4 is 16.0 Å². The third-order valence-corrected chi connectivity index (χ3v) is 2.51. The number of carbonyl (C=O) groups excluding carboxylic acids is 1. The minimum absolute atomic E-state index is 0.0186. The van der Waals surface area contributed by atoms with Crippen molar-refractivity contribution in [1.29, 1.82) is 0 Å². The lowest BCUT2D eigenvalue weighted by atomic mass is 10.4. The summed E-state index contributed by atoms with van der Waals surface area (Å²) in [7, 11) is 1.80. The number of anilines is 2. The summed E-state index contributed by atoms with van der Waals surface area (Å²) in [5.41, 5.74) is 5.74. The summed E-state index contributed by atoms with van der Waals surface area (Å²) in [5.74, 6) is 1.90. The second-order valence-corrected chi connectivity index (χ2v) is 4.26. The van der Waals surface area contributed by atoms with Crippen LogP contribution in [0.25, 0.3) is 0 Å². The number of nitrogen functional groups attached to an aromatic ring is 1. The lowest BCUT2D eigenvalue weighted by molar-refractivity contribution is -0.119. The Balaban J connectivity index is 1.93. The summed E-state index contributed by atoms with van der Waals surface area (Å²) < 4.78 is 0. The van der Waals surface area contributed by atoms with Crippen molar-refractivity contribution < 1.29 is 4.79 Å². The molecule has 1 aromatic rings. The first-order chi connectivity index (χ1) is 7.56. The molecule has 0 radical (unpaired) electrons.